The Kier molecular flexibility index (Phi) is 4.31. The van der Waals surface area contributed by atoms with Crippen LogP contribution in [0.3, 0.4) is 0 Å². The van der Waals surface area contributed by atoms with E-state index in [1.54, 1.807) is 6.92 Å². The molecule has 0 radical (unpaired) electrons. The second-order valence-electron chi connectivity index (χ2n) is 3.07. The number of benzene rings is 1. The molecule has 0 spiro atoms. The molecule has 0 aromatic heterocycles. The molecule has 1 unspecified atom stereocenters. The molecular formula is C11H11ClO4. The quantitative estimate of drug-likeness (QED) is 0.649. The van der Waals surface area contributed by atoms with Crippen LogP contribution in [-0.2, 0) is 14.3 Å². The molecule has 16 heavy (non-hydrogen) atoms. The first kappa shape index (κ1) is 12.5. The van der Waals surface area contributed by atoms with Crippen molar-refractivity contribution in [3.8, 4) is 0 Å². The SMILES string of the molecule is CCOC(=O)C(C(=O)O)c1ccc(Cl)cc1. The largest absolute Gasteiger partial charge is 0.480 e. The molecular weight excluding hydrogens is 232 g/mol. The van der Waals surface area contributed by atoms with Gasteiger partial charge in [-0.1, -0.05) is 23.7 Å². The Bertz CT molecular complexity index is 385. The molecule has 0 heterocycles. The number of carboxylic acid groups (broad SMARTS) is 1. The highest BCUT2D eigenvalue weighted by Crippen LogP contribution is 2.20. The van der Waals surface area contributed by atoms with Gasteiger partial charge < -0.3 is 9.84 Å². The lowest BCUT2D eigenvalue weighted by atomic mass is 10.00. The fourth-order valence-electron chi connectivity index (χ4n) is 1.26. The van der Waals surface area contributed by atoms with Gasteiger partial charge in [0.15, 0.2) is 5.92 Å². The maximum Gasteiger partial charge on any atom is 0.324 e. The number of carbonyl (C=O) groups is 2. The van der Waals surface area contributed by atoms with Crippen molar-refractivity contribution in [2.75, 3.05) is 6.61 Å². The number of aliphatic carboxylic acids is 1. The molecule has 0 bridgehead atoms. The van der Waals surface area contributed by atoms with Crippen molar-refractivity contribution in [3.05, 3.63) is 34.9 Å². The van der Waals surface area contributed by atoms with Crippen LogP contribution < -0.4 is 0 Å². The first-order chi connectivity index (χ1) is 7.56. The molecule has 0 amide bonds. The van der Waals surface area contributed by atoms with Gasteiger partial charge in [0, 0.05) is 5.02 Å². The number of carboxylic acids is 1. The maximum atomic E-state index is 11.4. The summed E-state index contributed by atoms with van der Waals surface area (Å²) in [5, 5.41) is 9.44. The molecule has 0 fully saturated rings. The number of hydrogen-bond acceptors (Lipinski definition) is 3. The monoisotopic (exact) mass is 242 g/mol. The third-order valence-electron chi connectivity index (χ3n) is 1.97. The van der Waals surface area contributed by atoms with Crippen molar-refractivity contribution in [1.82, 2.24) is 0 Å². The molecule has 1 atom stereocenters. The van der Waals surface area contributed by atoms with Crippen LogP contribution in [0.25, 0.3) is 0 Å². The van der Waals surface area contributed by atoms with Crippen molar-refractivity contribution in [2.24, 2.45) is 0 Å². The Balaban J connectivity index is 2.98. The summed E-state index contributed by atoms with van der Waals surface area (Å²) in [4.78, 5) is 22.4. The molecule has 1 N–H and O–H groups in total. The van der Waals surface area contributed by atoms with E-state index in [1.807, 2.05) is 0 Å². The van der Waals surface area contributed by atoms with Crippen LogP contribution in [0.15, 0.2) is 24.3 Å². The van der Waals surface area contributed by atoms with Gasteiger partial charge in [-0.2, -0.15) is 0 Å². The normalized spacial score (nSPS) is 11.9. The van der Waals surface area contributed by atoms with Crippen molar-refractivity contribution in [3.63, 3.8) is 0 Å². The van der Waals surface area contributed by atoms with E-state index in [0.29, 0.717) is 10.6 Å². The van der Waals surface area contributed by atoms with Crippen LogP contribution in [0, 0.1) is 0 Å². The Labute approximate surface area is 97.8 Å². The van der Waals surface area contributed by atoms with Gasteiger partial charge in [-0.25, -0.2) is 0 Å². The fraction of sp³-hybridized carbons (Fsp3) is 0.273. The Morgan fingerprint density at radius 3 is 2.38 bits per heavy atom. The Morgan fingerprint density at radius 1 is 1.38 bits per heavy atom. The van der Waals surface area contributed by atoms with Crippen molar-refractivity contribution in [2.45, 2.75) is 12.8 Å². The van der Waals surface area contributed by atoms with Gasteiger partial charge in [0.25, 0.3) is 0 Å². The van der Waals surface area contributed by atoms with Crippen LogP contribution in [-0.4, -0.2) is 23.7 Å². The van der Waals surface area contributed by atoms with Gasteiger partial charge in [-0.05, 0) is 24.6 Å². The number of rotatable bonds is 4. The van der Waals surface area contributed by atoms with E-state index in [2.05, 4.69) is 0 Å². The van der Waals surface area contributed by atoms with Crippen LogP contribution >= 0.6 is 11.6 Å². The minimum absolute atomic E-state index is 0.149. The molecule has 1 aromatic carbocycles. The summed E-state index contributed by atoms with van der Waals surface area (Å²) < 4.78 is 4.70. The molecule has 0 saturated carbocycles. The van der Waals surface area contributed by atoms with E-state index in [9.17, 15) is 9.59 Å². The predicted octanol–water partition coefficient (Wildman–Crippen LogP) is 2.07. The van der Waals surface area contributed by atoms with Gasteiger partial charge in [0.05, 0.1) is 6.61 Å². The second-order valence-corrected chi connectivity index (χ2v) is 3.51. The van der Waals surface area contributed by atoms with Gasteiger partial charge in [-0.15, -0.1) is 0 Å². The number of halogens is 1. The van der Waals surface area contributed by atoms with Gasteiger partial charge in [0.2, 0.25) is 0 Å². The first-order valence-corrected chi connectivity index (χ1v) is 5.09. The Hall–Kier alpha value is -1.55. The van der Waals surface area contributed by atoms with E-state index in [0.717, 1.165) is 0 Å². The molecule has 1 aromatic rings. The first-order valence-electron chi connectivity index (χ1n) is 4.71. The summed E-state index contributed by atoms with van der Waals surface area (Å²) in [6.07, 6.45) is 0. The highest BCUT2D eigenvalue weighted by Gasteiger charge is 2.29. The number of carbonyl (C=O) groups excluding carboxylic acids is 1. The van der Waals surface area contributed by atoms with E-state index >= 15 is 0 Å². The van der Waals surface area contributed by atoms with Gasteiger partial charge in [-0.3, -0.25) is 9.59 Å². The minimum atomic E-state index is -1.29. The molecule has 1 rings (SSSR count). The lowest BCUT2D eigenvalue weighted by Crippen LogP contribution is -2.23. The van der Waals surface area contributed by atoms with E-state index in [4.69, 9.17) is 21.4 Å². The molecule has 4 nitrogen and oxygen atoms in total. The zero-order valence-corrected chi connectivity index (χ0v) is 9.40. The number of ether oxygens (including phenoxy) is 1. The van der Waals surface area contributed by atoms with E-state index in [1.165, 1.54) is 24.3 Å². The van der Waals surface area contributed by atoms with Gasteiger partial charge >= 0.3 is 11.9 Å². The smallest absolute Gasteiger partial charge is 0.324 e. The van der Waals surface area contributed by atoms with Crippen LogP contribution in [0.1, 0.15) is 18.4 Å². The standard InChI is InChI=1S/C11H11ClO4/c1-2-16-11(15)9(10(13)14)7-3-5-8(12)6-4-7/h3-6,9H,2H2,1H3,(H,13,14). The lowest BCUT2D eigenvalue weighted by molar-refractivity contribution is -0.153. The van der Waals surface area contributed by atoms with Gasteiger partial charge in [0.1, 0.15) is 0 Å². The summed E-state index contributed by atoms with van der Waals surface area (Å²) in [5.41, 5.74) is 0.357. The Morgan fingerprint density at radius 2 is 1.94 bits per heavy atom. The number of esters is 1. The highest BCUT2D eigenvalue weighted by molar-refractivity contribution is 6.30. The third kappa shape index (κ3) is 2.97. The third-order valence-corrected chi connectivity index (χ3v) is 2.22. The second kappa shape index (κ2) is 5.51. The summed E-state index contributed by atoms with van der Waals surface area (Å²) in [6.45, 7) is 1.77. The zero-order valence-electron chi connectivity index (χ0n) is 8.64. The van der Waals surface area contributed by atoms with Crippen LogP contribution in [0.4, 0.5) is 0 Å². The average molecular weight is 243 g/mol. The average Bonchev–Trinajstić information content (AvgIpc) is 2.21. The maximum absolute atomic E-state index is 11.4. The minimum Gasteiger partial charge on any atom is -0.480 e. The number of hydrogen-bond donors (Lipinski definition) is 1. The summed E-state index contributed by atoms with van der Waals surface area (Å²) >= 11 is 5.67. The van der Waals surface area contributed by atoms with Crippen molar-refractivity contribution < 1.29 is 19.4 Å². The molecule has 0 aliphatic heterocycles. The molecule has 86 valence electrons. The summed E-state index contributed by atoms with van der Waals surface area (Å²) in [6, 6.07) is 6.06. The van der Waals surface area contributed by atoms with Crippen molar-refractivity contribution in [1.29, 1.82) is 0 Å². The zero-order chi connectivity index (χ0) is 12.1. The molecule has 0 saturated heterocycles. The summed E-state index contributed by atoms with van der Waals surface area (Å²) in [5.74, 6) is -3.30. The molecule has 0 aliphatic rings. The summed E-state index contributed by atoms with van der Waals surface area (Å²) in [7, 11) is 0. The lowest BCUT2D eigenvalue weighted by Gasteiger charge is -2.11. The van der Waals surface area contributed by atoms with Crippen LogP contribution in [0.2, 0.25) is 5.02 Å². The van der Waals surface area contributed by atoms with E-state index < -0.39 is 17.9 Å². The van der Waals surface area contributed by atoms with E-state index in [-0.39, 0.29) is 6.61 Å². The van der Waals surface area contributed by atoms with Crippen LogP contribution in [0.5, 0.6) is 0 Å². The topological polar surface area (TPSA) is 63.6 Å². The fourth-order valence-corrected chi connectivity index (χ4v) is 1.39. The van der Waals surface area contributed by atoms with Crippen molar-refractivity contribution >= 4 is 23.5 Å². The predicted molar refractivity (Wildman–Crippen MR) is 58.5 cm³/mol. The highest BCUT2D eigenvalue weighted by atomic mass is 35.5. The molecule has 0 aliphatic carbocycles. The molecule has 5 heteroatoms.